The Labute approximate surface area is 373 Å². The third-order valence-electron chi connectivity index (χ3n) is 13.1. The number of allylic oxidation sites excluding steroid dienone is 9. The molecule has 0 N–H and O–H groups in total. The van der Waals surface area contributed by atoms with Gasteiger partial charge in [-0.1, -0.05) is 187 Å². The molecular weight excluding hydrogens is 765 g/mol. The van der Waals surface area contributed by atoms with E-state index < -0.39 is 0 Å². The van der Waals surface area contributed by atoms with E-state index in [1.807, 2.05) is 12.1 Å². The van der Waals surface area contributed by atoms with Crippen LogP contribution < -0.4 is 0 Å². The summed E-state index contributed by atoms with van der Waals surface area (Å²) in [5.41, 5.74) is 17.2. The van der Waals surface area contributed by atoms with Gasteiger partial charge in [0.2, 0.25) is 0 Å². The molecule has 5 aromatic carbocycles. The van der Waals surface area contributed by atoms with E-state index in [0.29, 0.717) is 17.5 Å². The van der Waals surface area contributed by atoms with Gasteiger partial charge < -0.3 is 4.57 Å². The third kappa shape index (κ3) is 8.00. The quantitative estimate of drug-likeness (QED) is 0.161. The van der Waals surface area contributed by atoms with Crippen LogP contribution in [0.1, 0.15) is 101 Å². The molecule has 3 aliphatic carbocycles. The summed E-state index contributed by atoms with van der Waals surface area (Å²) in [6.07, 6.45) is 19.4. The Morgan fingerprint density at radius 1 is 0.587 bits per heavy atom. The van der Waals surface area contributed by atoms with E-state index in [4.69, 9.17) is 15.0 Å². The van der Waals surface area contributed by atoms with E-state index in [9.17, 15) is 0 Å². The lowest BCUT2D eigenvalue weighted by atomic mass is 9.79. The Bertz CT molecular complexity index is 2960. The highest BCUT2D eigenvalue weighted by Gasteiger charge is 2.29. The molecule has 63 heavy (non-hydrogen) atoms. The van der Waals surface area contributed by atoms with Crippen molar-refractivity contribution in [2.45, 2.75) is 85.0 Å². The van der Waals surface area contributed by atoms with Crippen LogP contribution >= 0.6 is 0 Å². The minimum absolute atomic E-state index is 0.00979. The molecular formula is C59H56N4. The van der Waals surface area contributed by atoms with Crippen molar-refractivity contribution < 1.29 is 0 Å². The Balaban J connectivity index is 1.24. The minimum atomic E-state index is 0.00979. The van der Waals surface area contributed by atoms with Crippen LogP contribution in [0, 0.1) is 5.41 Å². The zero-order chi connectivity index (χ0) is 43.3. The van der Waals surface area contributed by atoms with Crippen molar-refractivity contribution in [1.29, 1.82) is 0 Å². The number of rotatable bonds is 7. The van der Waals surface area contributed by atoms with Crippen molar-refractivity contribution in [3.05, 3.63) is 202 Å². The Morgan fingerprint density at radius 3 is 1.89 bits per heavy atom. The maximum absolute atomic E-state index is 5.39. The summed E-state index contributed by atoms with van der Waals surface area (Å²) in [5.74, 6) is 2.22. The predicted molar refractivity (Wildman–Crippen MR) is 264 cm³/mol. The van der Waals surface area contributed by atoms with Gasteiger partial charge in [-0.25, -0.2) is 15.0 Å². The first kappa shape index (κ1) is 40.4. The third-order valence-corrected chi connectivity index (χ3v) is 13.1. The van der Waals surface area contributed by atoms with Gasteiger partial charge in [0, 0.05) is 39.3 Å². The molecule has 2 aromatic heterocycles. The Hall–Kier alpha value is -6.65. The topological polar surface area (TPSA) is 43.6 Å². The number of aromatic nitrogens is 4. The van der Waals surface area contributed by atoms with Crippen molar-refractivity contribution >= 4 is 22.6 Å². The first-order chi connectivity index (χ1) is 30.5. The summed E-state index contributed by atoms with van der Waals surface area (Å²) in [6.45, 7) is 14.0. The van der Waals surface area contributed by atoms with E-state index in [1.165, 1.54) is 61.1 Å². The van der Waals surface area contributed by atoms with E-state index in [2.05, 4.69) is 198 Å². The van der Waals surface area contributed by atoms with Gasteiger partial charge in [-0.2, -0.15) is 0 Å². The molecule has 0 fully saturated rings. The molecule has 10 rings (SSSR count). The summed E-state index contributed by atoms with van der Waals surface area (Å²) in [7, 11) is 0. The lowest BCUT2D eigenvalue weighted by Crippen LogP contribution is -2.15. The van der Waals surface area contributed by atoms with Gasteiger partial charge in [-0.3, -0.25) is 0 Å². The average molecular weight is 821 g/mol. The van der Waals surface area contributed by atoms with Gasteiger partial charge in [-0.15, -0.1) is 0 Å². The molecule has 2 heterocycles. The van der Waals surface area contributed by atoms with E-state index in [0.717, 1.165) is 54.5 Å². The Kier molecular flexibility index (Phi) is 10.4. The number of nitrogens with zero attached hydrogens (tertiary/aromatic N) is 4. The van der Waals surface area contributed by atoms with Crippen molar-refractivity contribution in [2.75, 3.05) is 0 Å². The molecule has 0 spiro atoms. The van der Waals surface area contributed by atoms with Gasteiger partial charge >= 0.3 is 0 Å². The van der Waals surface area contributed by atoms with Crippen LogP contribution in [0.3, 0.4) is 0 Å². The van der Waals surface area contributed by atoms with Crippen LogP contribution in [0.2, 0.25) is 0 Å². The van der Waals surface area contributed by atoms with Crippen LogP contribution in [-0.4, -0.2) is 19.5 Å². The van der Waals surface area contributed by atoms with Crippen LogP contribution in [0.15, 0.2) is 174 Å². The van der Waals surface area contributed by atoms with Gasteiger partial charge in [0.05, 0.1) is 11.2 Å². The highest BCUT2D eigenvalue weighted by molar-refractivity contribution is 5.96. The molecule has 4 heteroatoms. The van der Waals surface area contributed by atoms with E-state index >= 15 is 0 Å². The molecule has 312 valence electrons. The van der Waals surface area contributed by atoms with Crippen molar-refractivity contribution in [3.63, 3.8) is 0 Å². The van der Waals surface area contributed by atoms with Crippen molar-refractivity contribution in [1.82, 2.24) is 19.5 Å². The molecule has 0 radical (unpaired) electrons. The van der Waals surface area contributed by atoms with E-state index in [1.54, 1.807) is 0 Å². The maximum Gasteiger partial charge on any atom is 0.166 e. The fourth-order valence-electron chi connectivity index (χ4n) is 9.58. The molecule has 0 saturated heterocycles. The zero-order valence-electron chi connectivity index (χ0n) is 37.5. The Morgan fingerprint density at radius 2 is 1.25 bits per heavy atom. The second kappa shape index (κ2) is 16.2. The zero-order valence-corrected chi connectivity index (χ0v) is 37.5. The summed E-state index contributed by atoms with van der Waals surface area (Å²) in [5, 5.41) is 1.30. The summed E-state index contributed by atoms with van der Waals surface area (Å²) in [4.78, 5) is 15.9. The highest BCUT2D eigenvalue weighted by Crippen LogP contribution is 2.45. The standard InChI is InChI=1S/C59H56N4/c1-58(2,3)47-28-31-52-49(37-47)50-38-48(59(4,5)6)29-32-53(50)63(52)54-30-27-43(46-34-44(39-19-11-7-12-20-39)33-45(35-46)40-21-13-8-14-22-40)36-51(54)57-61-55(41-23-15-9-16-24-41)60-56(62-57)42-25-17-10-18-26-42/h7,9-13,15-28,30-31,33,35-38,44H,8,14,29,32,34H2,1-6H3. The second-order valence-corrected chi connectivity index (χ2v) is 19.5. The van der Waals surface area contributed by atoms with Crippen molar-refractivity contribution in [3.8, 4) is 39.9 Å². The minimum Gasteiger partial charge on any atom is -0.312 e. The fraction of sp³-hybridized carbons (Fsp3) is 0.237. The van der Waals surface area contributed by atoms with Gasteiger partial charge in [0.25, 0.3) is 0 Å². The lowest BCUT2D eigenvalue weighted by Gasteiger charge is -2.27. The fourth-order valence-corrected chi connectivity index (χ4v) is 9.58. The van der Waals surface area contributed by atoms with Gasteiger partial charge in [-0.05, 0) is 101 Å². The average Bonchev–Trinajstić information content (AvgIpc) is 3.64. The molecule has 1 atom stereocenters. The number of fused-ring (bicyclic) bond motifs is 3. The molecule has 0 bridgehead atoms. The maximum atomic E-state index is 5.39. The molecule has 4 nitrogen and oxygen atoms in total. The van der Waals surface area contributed by atoms with Crippen LogP contribution in [0.5, 0.6) is 0 Å². The monoisotopic (exact) mass is 820 g/mol. The van der Waals surface area contributed by atoms with Gasteiger partial charge in [0.1, 0.15) is 0 Å². The van der Waals surface area contributed by atoms with Crippen LogP contribution in [0.25, 0.3) is 62.4 Å². The molecule has 7 aromatic rings. The number of benzene rings is 5. The largest absolute Gasteiger partial charge is 0.312 e. The van der Waals surface area contributed by atoms with Crippen LogP contribution in [0.4, 0.5) is 0 Å². The number of hydrogen-bond donors (Lipinski definition) is 0. The molecule has 1 unspecified atom stereocenters. The van der Waals surface area contributed by atoms with E-state index in [-0.39, 0.29) is 16.7 Å². The molecule has 0 aliphatic heterocycles. The van der Waals surface area contributed by atoms with Gasteiger partial charge in [0.15, 0.2) is 17.5 Å². The molecule has 0 amide bonds. The second-order valence-electron chi connectivity index (χ2n) is 19.5. The molecule has 3 aliphatic rings. The van der Waals surface area contributed by atoms with Crippen LogP contribution in [-0.2, 0) is 11.8 Å². The summed E-state index contributed by atoms with van der Waals surface area (Å²) in [6, 6.07) is 45.8. The number of hydrogen-bond acceptors (Lipinski definition) is 3. The SMILES string of the molecule is CC(C)(C)C1=Cc2c(n(-c3ccc(C4=CC(C5=CCCC=C5)=CC(c5ccccc5)C4)cc3-c3nc(-c4ccccc4)nc(-c4ccccc4)n3)c3ccc(C(C)(C)C)cc23)CC1. The highest BCUT2D eigenvalue weighted by atomic mass is 15.1. The first-order valence-corrected chi connectivity index (χ1v) is 22.7. The predicted octanol–water partition coefficient (Wildman–Crippen LogP) is 15.3. The van der Waals surface area contributed by atoms with Crippen molar-refractivity contribution in [2.24, 2.45) is 5.41 Å². The first-order valence-electron chi connectivity index (χ1n) is 22.7. The normalized spacial score (nSPS) is 16.6. The lowest BCUT2D eigenvalue weighted by molar-refractivity contribution is 0.483. The summed E-state index contributed by atoms with van der Waals surface area (Å²) >= 11 is 0. The summed E-state index contributed by atoms with van der Waals surface area (Å²) < 4.78 is 2.53. The smallest absolute Gasteiger partial charge is 0.166 e. The molecule has 0 saturated carbocycles.